The topological polar surface area (TPSA) is 63.8 Å². The highest BCUT2D eigenvalue weighted by Crippen LogP contribution is 2.39. The number of hydrogen-bond donors (Lipinski definition) is 1. The van der Waals surface area contributed by atoms with Crippen molar-refractivity contribution in [2.45, 2.75) is 36.4 Å². The Labute approximate surface area is 142 Å². The van der Waals surface area contributed by atoms with E-state index in [1.807, 2.05) is 24.3 Å². The van der Waals surface area contributed by atoms with Crippen molar-refractivity contribution in [2.75, 3.05) is 0 Å². The molecule has 1 aliphatic rings. The molecule has 1 aliphatic carbocycles. The van der Waals surface area contributed by atoms with Crippen molar-refractivity contribution < 1.29 is 5.11 Å². The summed E-state index contributed by atoms with van der Waals surface area (Å²) in [6.45, 7) is -0.0739. The lowest BCUT2D eigenvalue weighted by Gasteiger charge is -2.09. The molecular weight excluding hydrogens is 332 g/mol. The van der Waals surface area contributed by atoms with E-state index < -0.39 is 0 Å². The Hall–Kier alpha value is -1.63. The summed E-state index contributed by atoms with van der Waals surface area (Å²) in [5.41, 5.74) is 2.04. The zero-order chi connectivity index (χ0) is 15.8. The molecule has 4 rings (SSSR count). The van der Waals surface area contributed by atoms with E-state index in [0.717, 1.165) is 40.2 Å². The van der Waals surface area contributed by atoms with Gasteiger partial charge in [0.05, 0.1) is 5.52 Å². The number of hydrogen-bond acceptors (Lipinski definition) is 5. The molecule has 118 valence electrons. The van der Waals surface area contributed by atoms with Gasteiger partial charge >= 0.3 is 0 Å². The van der Waals surface area contributed by atoms with Crippen molar-refractivity contribution >= 4 is 34.3 Å². The normalized spacial score (nSPS) is 14.5. The fourth-order valence-electron chi connectivity index (χ4n) is 2.67. The van der Waals surface area contributed by atoms with Crippen LogP contribution in [0.2, 0.25) is 5.02 Å². The van der Waals surface area contributed by atoms with E-state index in [2.05, 4.69) is 19.7 Å². The number of fused-ring (bicyclic) bond motifs is 1. The van der Waals surface area contributed by atoms with Gasteiger partial charge in [0.15, 0.2) is 11.0 Å². The smallest absolute Gasteiger partial charge is 0.191 e. The summed E-state index contributed by atoms with van der Waals surface area (Å²) in [7, 11) is 0. The molecule has 0 bridgehead atoms. The Morgan fingerprint density at radius 1 is 1.26 bits per heavy atom. The maximum Gasteiger partial charge on any atom is 0.191 e. The van der Waals surface area contributed by atoms with Gasteiger partial charge in [-0.1, -0.05) is 29.4 Å². The minimum atomic E-state index is -0.0739. The van der Waals surface area contributed by atoms with Gasteiger partial charge in [0.25, 0.3) is 0 Å². The third-order valence-electron chi connectivity index (χ3n) is 3.95. The Bertz CT molecular complexity index is 862. The molecule has 0 spiro atoms. The molecule has 1 fully saturated rings. The molecule has 1 saturated carbocycles. The lowest BCUT2D eigenvalue weighted by Crippen LogP contribution is -2.03. The van der Waals surface area contributed by atoms with Gasteiger partial charge in [-0.05, 0) is 36.6 Å². The molecule has 1 aromatic carbocycles. The number of benzene rings is 1. The standard InChI is InChI=1S/C16H15ClN4OS/c17-13-6-3-10(15-12(13)2-1-7-18-15)9-23-16-20-19-14(8-22)21(16)11-4-5-11/h1-3,6-7,11,22H,4-5,8-9H2. The van der Waals surface area contributed by atoms with Gasteiger partial charge in [0, 0.05) is 28.4 Å². The van der Waals surface area contributed by atoms with E-state index in [1.54, 1.807) is 18.0 Å². The summed E-state index contributed by atoms with van der Waals surface area (Å²) in [5, 5.41) is 20.3. The number of nitrogens with zero attached hydrogens (tertiary/aromatic N) is 4. The molecule has 5 nitrogen and oxygen atoms in total. The SMILES string of the molecule is OCc1nnc(SCc2ccc(Cl)c3cccnc23)n1C1CC1. The molecule has 2 heterocycles. The number of aliphatic hydroxyl groups is 1. The van der Waals surface area contributed by atoms with E-state index in [9.17, 15) is 5.11 Å². The van der Waals surface area contributed by atoms with Gasteiger partial charge in [0.2, 0.25) is 0 Å². The zero-order valence-corrected chi connectivity index (χ0v) is 13.9. The van der Waals surface area contributed by atoms with Crippen LogP contribution in [0.5, 0.6) is 0 Å². The average molecular weight is 347 g/mol. The largest absolute Gasteiger partial charge is 0.388 e. The van der Waals surface area contributed by atoms with Crippen molar-refractivity contribution in [1.82, 2.24) is 19.7 Å². The number of aliphatic hydroxyl groups excluding tert-OH is 1. The Morgan fingerprint density at radius 2 is 2.13 bits per heavy atom. The minimum Gasteiger partial charge on any atom is -0.388 e. The molecule has 23 heavy (non-hydrogen) atoms. The first-order valence-corrected chi connectivity index (χ1v) is 8.84. The predicted molar refractivity (Wildman–Crippen MR) is 90.5 cm³/mol. The molecule has 0 radical (unpaired) electrons. The molecule has 2 aromatic heterocycles. The van der Waals surface area contributed by atoms with Crippen LogP contribution in [0.1, 0.15) is 30.3 Å². The fourth-order valence-corrected chi connectivity index (χ4v) is 3.89. The van der Waals surface area contributed by atoms with E-state index >= 15 is 0 Å². The first-order chi connectivity index (χ1) is 11.3. The summed E-state index contributed by atoms with van der Waals surface area (Å²) in [4.78, 5) is 4.46. The molecule has 3 aromatic rings. The highest BCUT2D eigenvalue weighted by Gasteiger charge is 2.29. The lowest BCUT2D eigenvalue weighted by molar-refractivity contribution is 0.263. The van der Waals surface area contributed by atoms with Crippen molar-refractivity contribution in [3.63, 3.8) is 0 Å². The molecule has 0 saturated heterocycles. The van der Waals surface area contributed by atoms with E-state index in [1.165, 1.54) is 0 Å². The van der Waals surface area contributed by atoms with Gasteiger partial charge in [-0.25, -0.2) is 0 Å². The van der Waals surface area contributed by atoms with Crippen LogP contribution in [-0.4, -0.2) is 24.9 Å². The second-order valence-electron chi connectivity index (χ2n) is 5.55. The van der Waals surface area contributed by atoms with Crippen molar-refractivity contribution in [3.05, 3.63) is 46.9 Å². The molecule has 0 aliphatic heterocycles. The summed E-state index contributed by atoms with van der Waals surface area (Å²) < 4.78 is 2.07. The monoisotopic (exact) mass is 346 g/mol. The van der Waals surface area contributed by atoms with E-state index in [-0.39, 0.29) is 6.61 Å². The van der Waals surface area contributed by atoms with Gasteiger partial charge < -0.3 is 9.67 Å². The van der Waals surface area contributed by atoms with Crippen LogP contribution in [-0.2, 0) is 12.4 Å². The van der Waals surface area contributed by atoms with Gasteiger partial charge in [-0.2, -0.15) is 0 Å². The average Bonchev–Trinajstić information content (AvgIpc) is 3.34. The Balaban J connectivity index is 1.63. The van der Waals surface area contributed by atoms with E-state index in [0.29, 0.717) is 16.9 Å². The summed E-state index contributed by atoms with van der Waals surface area (Å²) in [5.74, 6) is 1.38. The maximum absolute atomic E-state index is 9.41. The van der Waals surface area contributed by atoms with Crippen LogP contribution in [0.3, 0.4) is 0 Å². The van der Waals surface area contributed by atoms with Crippen molar-refractivity contribution in [3.8, 4) is 0 Å². The number of rotatable bonds is 5. The Kier molecular flexibility index (Phi) is 3.97. The first kappa shape index (κ1) is 14.9. The molecule has 1 N–H and O–H groups in total. The van der Waals surface area contributed by atoms with Crippen molar-refractivity contribution in [2.24, 2.45) is 0 Å². The van der Waals surface area contributed by atoms with Crippen LogP contribution in [0.25, 0.3) is 10.9 Å². The summed E-state index contributed by atoms with van der Waals surface area (Å²) >= 11 is 7.86. The summed E-state index contributed by atoms with van der Waals surface area (Å²) in [6, 6.07) is 8.23. The summed E-state index contributed by atoms with van der Waals surface area (Å²) in [6.07, 6.45) is 4.04. The minimum absolute atomic E-state index is 0.0739. The van der Waals surface area contributed by atoms with Gasteiger partial charge in [-0.15, -0.1) is 10.2 Å². The number of pyridine rings is 1. The van der Waals surface area contributed by atoms with Crippen molar-refractivity contribution in [1.29, 1.82) is 0 Å². The van der Waals surface area contributed by atoms with Crippen LogP contribution >= 0.6 is 23.4 Å². The number of halogens is 1. The molecular formula is C16H15ClN4OS. The third-order valence-corrected chi connectivity index (χ3v) is 5.27. The van der Waals surface area contributed by atoms with Crippen LogP contribution in [0.15, 0.2) is 35.6 Å². The highest BCUT2D eigenvalue weighted by molar-refractivity contribution is 7.98. The van der Waals surface area contributed by atoms with Gasteiger partial charge in [-0.3, -0.25) is 4.98 Å². The van der Waals surface area contributed by atoms with E-state index in [4.69, 9.17) is 11.6 Å². The lowest BCUT2D eigenvalue weighted by atomic mass is 10.1. The third kappa shape index (κ3) is 2.82. The molecule has 7 heteroatoms. The second kappa shape index (κ2) is 6.11. The molecule has 0 amide bonds. The van der Waals surface area contributed by atoms with Crippen LogP contribution < -0.4 is 0 Å². The van der Waals surface area contributed by atoms with Crippen LogP contribution in [0.4, 0.5) is 0 Å². The zero-order valence-electron chi connectivity index (χ0n) is 12.3. The highest BCUT2D eigenvalue weighted by atomic mass is 35.5. The molecule has 0 atom stereocenters. The number of aromatic nitrogens is 4. The fraction of sp³-hybridized carbons (Fsp3) is 0.312. The molecule has 0 unspecified atom stereocenters. The van der Waals surface area contributed by atoms with Crippen LogP contribution in [0, 0.1) is 0 Å². The first-order valence-electron chi connectivity index (χ1n) is 7.47. The quantitative estimate of drug-likeness (QED) is 0.715. The Morgan fingerprint density at radius 3 is 2.91 bits per heavy atom. The predicted octanol–water partition coefficient (Wildman–Crippen LogP) is 3.60. The van der Waals surface area contributed by atoms with Gasteiger partial charge in [0.1, 0.15) is 6.61 Å². The maximum atomic E-state index is 9.41. The second-order valence-corrected chi connectivity index (χ2v) is 6.90. The number of thioether (sulfide) groups is 1.